The highest BCUT2D eigenvalue weighted by atomic mass is 35.5. The van der Waals surface area contributed by atoms with E-state index in [1.165, 1.54) is 13.3 Å². The first kappa shape index (κ1) is 17.5. The maximum atomic E-state index is 11.9. The lowest BCUT2D eigenvalue weighted by atomic mass is 10.2. The van der Waals surface area contributed by atoms with Gasteiger partial charge in [0.05, 0.1) is 24.6 Å². The van der Waals surface area contributed by atoms with Crippen LogP contribution < -0.4 is 5.32 Å². The molecule has 0 fully saturated rings. The lowest BCUT2D eigenvalue weighted by Crippen LogP contribution is -2.19. The lowest BCUT2D eigenvalue weighted by molar-refractivity contribution is -0.120. The molecule has 0 spiro atoms. The Morgan fingerprint density at radius 2 is 1.88 bits per heavy atom. The standard InChI is InChI=1S/C17H15ClN2O4/c1-23-17(22)14-4-2-3-5-15(14)20-16(21)11-24-19-10-12-6-8-13(18)9-7-12/h2-10H,11H2,1H3,(H,20,21)/b19-10-. The van der Waals surface area contributed by atoms with E-state index in [9.17, 15) is 9.59 Å². The Morgan fingerprint density at radius 3 is 2.58 bits per heavy atom. The van der Waals surface area contributed by atoms with E-state index in [2.05, 4.69) is 15.2 Å². The van der Waals surface area contributed by atoms with Gasteiger partial charge in [-0.3, -0.25) is 4.79 Å². The Bertz CT molecular complexity index is 745. The van der Waals surface area contributed by atoms with Gasteiger partial charge < -0.3 is 14.9 Å². The van der Waals surface area contributed by atoms with Gasteiger partial charge in [0.2, 0.25) is 0 Å². The van der Waals surface area contributed by atoms with Crippen molar-refractivity contribution in [3.63, 3.8) is 0 Å². The van der Waals surface area contributed by atoms with E-state index in [0.717, 1.165) is 5.56 Å². The maximum Gasteiger partial charge on any atom is 0.339 e. The van der Waals surface area contributed by atoms with Crippen molar-refractivity contribution in [3.05, 3.63) is 64.7 Å². The third-order valence-electron chi connectivity index (χ3n) is 2.95. The van der Waals surface area contributed by atoms with Gasteiger partial charge in [-0.25, -0.2) is 4.79 Å². The normalized spacial score (nSPS) is 10.4. The van der Waals surface area contributed by atoms with Gasteiger partial charge in [-0.2, -0.15) is 0 Å². The summed E-state index contributed by atoms with van der Waals surface area (Å²) in [5, 5.41) is 6.90. The van der Waals surface area contributed by atoms with Crippen molar-refractivity contribution in [3.8, 4) is 0 Å². The number of rotatable bonds is 6. The highest BCUT2D eigenvalue weighted by Crippen LogP contribution is 2.15. The SMILES string of the molecule is COC(=O)c1ccccc1NC(=O)CO/N=C\c1ccc(Cl)cc1. The van der Waals surface area contributed by atoms with Crippen LogP contribution in [-0.2, 0) is 14.4 Å². The molecule has 2 aromatic rings. The molecule has 0 atom stereocenters. The minimum absolute atomic E-state index is 0.262. The molecular formula is C17H15ClN2O4. The average molecular weight is 347 g/mol. The van der Waals surface area contributed by atoms with Gasteiger partial charge in [0.15, 0.2) is 6.61 Å². The van der Waals surface area contributed by atoms with Crippen LogP contribution in [0.5, 0.6) is 0 Å². The second-order valence-corrected chi connectivity index (χ2v) is 5.08. The number of carbonyl (C=O) groups is 2. The molecule has 2 rings (SSSR count). The number of hydrogen-bond donors (Lipinski definition) is 1. The summed E-state index contributed by atoms with van der Waals surface area (Å²) in [5.74, 6) is -0.979. The molecule has 24 heavy (non-hydrogen) atoms. The van der Waals surface area contributed by atoms with Gasteiger partial charge in [-0.1, -0.05) is 41.0 Å². The summed E-state index contributed by atoms with van der Waals surface area (Å²) in [6.45, 7) is -0.292. The van der Waals surface area contributed by atoms with Gasteiger partial charge in [0.25, 0.3) is 5.91 Å². The quantitative estimate of drug-likeness (QED) is 0.495. The van der Waals surface area contributed by atoms with Crippen molar-refractivity contribution in [2.45, 2.75) is 0 Å². The molecule has 0 heterocycles. The third-order valence-corrected chi connectivity index (χ3v) is 3.20. The number of oxime groups is 1. The molecule has 0 aliphatic carbocycles. The average Bonchev–Trinajstić information content (AvgIpc) is 2.60. The van der Waals surface area contributed by atoms with Crippen molar-refractivity contribution < 1.29 is 19.2 Å². The summed E-state index contributed by atoms with van der Waals surface area (Å²) in [7, 11) is 1.27. The Hall–Kier alpha value is -2.86. The van der Waals surface area contributed by atoms with Crippen molar-refractivity contribution in [1.82, 2.24) is 0 Å². The molecule has 0 radical (unpaired) electrons. The Kier molecular flexibility index (Phi) is 6.33. The Balaban J connectivity index is 1.88. The first-order valence-corrected chi connectivity index (χ1v) is 7.36. The van der Waals surface area contributed by atoms with Crippen LogP contribution in [-0.4, -0.2) is 31.8 Å². The molecule has 0 aliphatic heterocycles. The molecule has 0 aromatic heterocycles. The van der Waals surface area contributed by atoms with Crippen molar-refractivity contribution in [2.75, 3.05) is 19.0 Å². The topological polar surface area (TPSA) is 77.0 Å². The van der Waals surface area contributed by atoms with Gasteiger partial charge in [0.1, 0.15) is 0 Å². The lowest BCUT2D eigenvalue weighted by Gasteiger charge is -2.08. The number of methoxy groups -OCH3 is 1. The number of halogens is 1. The summed E-state index contributed by atoms with van der Waals surface area (Å²) < 4.78 is 4.66. The van der Waals surface area contributed by atoms with Crippen LogP contribution in [0.1, 0.15) is 15.9 Å². The number of benzene rings is 2. The van der Waals surface area contributed by atoms with Gasteiger partial charge >= 0.3 is 5.97 Å². The van der Waals surface area contributed by atoms with E-state index in [1.807, 2.05) is 0 Å². The van der Waals surface area contributed by atoms with E-state index in [4.69, 9.17) is 16.4 Å². The number of esters is 1. The summed E-state index contributed by atoms with van der Waals surface area (Å²) >= 11 is 5.78. The van der Waals surface area contributed by atoms with Crippen molar-refractivity contribution in [1.29, 1.82) is 0 Å². The zero-order valence-electron chi connectivity index (χ0n) is 12.9. The molecule has 0 bridgehead atoms. The van der Waals surface area contributed by atoms with E-state index in [-0.39, 0.29) is 12.2 Å². The molecule has 1 N–H and O–H groups in total. The van der Waals surface area contributed by atoms with Crippen LogP contribution in [0.15, 0.2) is 53.7 Å². The Labute approximate surface area is 144 Å². The molecule has 0 unspecified atom stereocenters. The monoisotopic (exact) mass is 346 g/mol. The number of carbonyl (C=O) groups excluding carboxylic acids is 2. The number of ether oxygens (including phenoxy) is 1. The summed E-state index contributed by atoms with van der Waals surface area (Å²) in [6, 6.07) is 13.5. The molecule has 0 saturated heterocycles. The highest BCUT2D eigenvalue weighted by Gasteiger charge is 2.13. The smallest absolute Gasteiger partial charge is 0.339 e. The van der Waals surface area contributed by atoms with Crippen LogP contribution in [0.3, 0.4) is 0 Å². The number of para-hydroxylation sites is 1. The van der Waals surface area contributed by atoms with Crippen LogP contribution in [0.4, 0.5) is 5.69 Å². The summed E-state index contributed by atoms with van der Waals surface area (Å²) in [6.07, 6.45) is 1.46. The fraction of sp³-hybridized carbons (Fsp3) is 0.118. The molecule has 1 amide bonds. The first-order valence-electron chi connectivity index (χ1n) is 6.98. The van der Waals surface area contributed by atoms with Gasteiger partial charge in [0, 0.05) is 5.02 Å². The van der Waals surface area contributed by atoms with E-state index in [0.29, 0.717) is 10.7 Å². The fourth-order valence-corrected chi connectivity index (χ4v) is 1.94. The highest BCUT2D eigenvalue weighted by molar-refractivity contribution is 6.30. The molecule has 6 nitrogen and oxygen atoms in total. The van der Waals surface area contributed by atoms with E-state index in [1.54, 1.807) is 48.5 Å². The zero-order chi connectivity index (χ0) is 17.4. The first-order chi connectivity index (χ1) is 11.6. The van der Waals surface area contributed by atoms with Crippen molar-refractivity contribution in [2.24, 2.45) is 5.16 Å². The van der Waals surface area contributed by atoms with Crippen LogP contribution in [0.2, 0.25) is 5.02 Å². The third kappa shape index (κ3) is 5.10. The molecule has 124 valence electrons. The largest absolute Gasteiger partial charge is 0.465 e. The minimum atomic E-state index is -0.535. The molecule has 2 aromatic carbocycles. The van der Waals surface area contributed by atoms with E-state index >= 15 is 0 Å². The number of amides is 1. The fourth-order valence-electron chi connectivity index (χ4n) is 1.81. The number of nitrogens with zero attached hydrogens (tertiary/aromatic N) is 1. The number of hydrogen-bond acceptors (Lipinski definition) is 5. The predicted octanol–water partition coefficient (Wildman–Crippen LogP) is 3.12. The molecule has 7 heteroatoms. The van der Waals surface area contributed by atoms with Crippen LogP contribution in [0, 0.1) is 0 Å². The van der Waals surface area contributed by atoms with E-state index < -0.39 is 11.9 Å². The second kappa shape index (κ2) is 8.69. The van der Waals surface area contributed by atoms with Crippen LogP contribution in [0.25, 0.3) is 0 Å². The maximum absolute atomic E-state index is 11.9. The van der Waals surface area contributed by atoms with Crippen LogP contribution >= 0.6 is 11.6 Å². The van der Waals surface area contributed by atoms with Crippen molar-refractivity contribution >= 4 is 35.4 Å². The predicted molar refractivity (Wildman–Crippen MR) is 91.4 cm³/mol. The molecule has 0 saturated carbocycles. The minimum Gasteiger partial charge on any atom is -0.465 e. The molecule has 0 aliphatic rings. The number of nitrogens with one attached hydrogen (secondary N) is 1. The summed E-state index contributed by atoms with van der Waals surface area (Å²) in [4.78, 5) is 28.4. The Morgan fingerprint density at radius 1 is 1.17 bits per heavy atom. The van der Waals surface area contributed by atoms with Gasteiger partial charge in [-0.15, -0.1) is 0 Å². The molecular weight excluding hydrogens is 332 g/mol. The number of anilines is 1. The second-order valence-electron chi connectivity index (χ2n) is 4.64. The summed E-state index contributed by atoms with van der Waals surface area (Å²) in [5.41, 5.74) is 1.40. The zero-order valence-corrected chi connectivity index (χ0v) is 13.6. The van der Waals surface area contributed by atoms with Gasteiger partial charge in [-0.05, 0) is 29.8 Å².